The highest BCUT2D eigenvalue weighted by molar-refractivity contribution is 6.30. The molecule has 0 aliphatic heterocycles. The van der Waals surface area contributed by atoms with E-state index in [0.717, 1.165) is 39.5 Å². The summed E-state index contributed by atoms with van der Waals surface area (Å²) in [5, 5.41) is 5.60. The minimum absolute atomic E-state index is 0.125. The van der Waals surface area contributed by atoms with E-state index >= 15 is 0 Å². The molecule has 0 N–H and O–H groups in total. The van der Waals surface area contributed by atoms with Gasteiger partial charge in [0.05, 0.1) is 33.5 Å². The topological polar surface area (TPSA) is 35.6 Å². The van der Waals surface area contributed by atoms with E-state index in [0.29, 0.717) is 10.8 Å². The van der Waals surface area contributed by atoms with E-state index in [1.54, 1.807) is 0 Å². The standard InChI is InChI=1S/C64H45ClN4/c1-63(2)52-26-9-5-22-44(52)48-33-50-46-24-7-11-28-58(46)68(60(50)35-54(48)63)42-20-14-16-38(31-42)56-37-57(67-62(66-56)40-18-13-19-41(65)30-40)39-17-15-21-43(32-39)69-59-29-12-8-25-47(59)51-34-49-45-23-6-10-27-53(45)64(3,4)55(49)36-61(51)69/h5-37H,1-4H3. The molecule has 9 aromatic carbocycles. The zero-order chi connectivity index (χ0) is 46.3. The van der Waals surface area contributed by atoms with Gasteiger partial charge in [-0.25, -0.2) is 9.97 Å². The normalized spacial score (nSPS) is 14.1. The Balaban J connectivity index is 0.938. The van der Waals surface area contributed by atoms with E-state index in [1.165, 1.54) is 88.1 Å². The molecule has 0 saturated carbocycles. The summed E-state index contributed by atoms with van der Waals surface area (Å²) < 4.78 is 4.86. The van der Waals surface area contributed by atoms with Crippen molar-refractivity contribution in [1.29, 1.82) is 0 Å². The second kappa shape index (κ2) is 14.5. The molecule has 3 heterocycles. The van der Waals surface area contributed by atoms with Crippen LogP contribution in [0.4, 0.5) is 0 Å². The molecular formula is C64H45ClN4. The lowest BCUT2D eigenvalue weighted by Crippen LogP contribution is -2.14. The largest absolute Gasteiger partial charge is 0.309 e. The summed E-state index contributed by atoms with van der Waals surface area (Å²) in [5.41, 5.74) is 21.9. The number of aromatic nitrogens is 4. The Kier molecular flexibility index (Phi) is 8.41. The Hall–Kier alpha value is -8.05. The van der Waals surface area contributed by atoms with E-state index in [4.69, 9.17) is 21.6 Å². The van der Waals surface area contributed by atoms with E-state index in [-0.39, 0.29) is 10.8 Å². The first-order valence-corrected chi connectivity index (χ1v) is 24.2. The SMILES string of the molecule is CC1(C)c2ccccc2-c2cc3c4ccccc4n(-c4cccc(-c5cc(-c6cccc(-n7c8ccccc8c8cc9c(cc87)C(C)(C)c7ccccc7-9)c6)nc(-c6cccc(Cl)c6)n5)c4)c3cc21. The fourth-order valence-corrected chi connectivity index (χ4v) is 12.2. The first kappa shape index (κ1) is 40.1. The number of rotatable bonds is 5. The van der Waals surface area contributed by atoms with Gasteiger partial charge in [0.2, 0.25) is 0 Å². The fourth-order valence-electron chi connectivity index (χ4n) is 12.0. The van der Waals surface area contributed by atoms with Crippen LogP contribution < -0.4 is 0 Å². The van der Waals surface area contributed by atoms with Crippen molar-refractivity contribution < 1.29 is 0 Å². The molecule has 12 aromatic rings. The van der Waals surface area contributed by atoms with Gasteiger partial charge >= 0.3 is 0 Å². The van der Waals surface area contributed by atoms with E-state index < -0.39 is 0 Å². The highest BCUT2D eigenvalue weighted by atomic mass is 35.5. The molecule has 0 saturated heterocycles. The molecule has 0 atom stereocenters. The maximum atomic E-state index is 6.65. The Labute approximate surface area is 405 Å². The van der Waals surface area contributed by atoms with Crippen molar-refractivity contribution in [2.24, 2.45) is 0 Å². The minimum Gasteiger partial charge on any atom is -0.309 e. The average Bonchev–Trinajstić information content (AvgIpc) is 4.03. The van der Waals surface area contributed by atoms with Gasteiger partial charge in [-0.3, -0.25) is 0 Å². The summed E-state index contributed by atoms with van der Waals surface area (Å²) in [6.07, 6.45) is 0. The summed E-state index contributed by atoms with van der Waals surface area (Å²) in [6.45, 7) is 9.41. The lowest BCUT2D eigenvalue weighted by Gasteiger charge is -2.21. The molecule has 0 fully saturated rings. The predicted molar refractivity (Wildman–Crippen MR) is 287 cm³/mol. The number of fused-ring (bicyclic) bond motifs is 12. The number of para-hydroxylation sites is 2. The zero-order valence-electron chi connectivity index (χ0n) is 38.7. The lowest BCUT2D eigenvalue weighted by atomic mass is 9.82. The first-order valence-electron chi connectivity index (χ1n) is 23.8. The Morgan fingerprint density at radius 1 is 0.348 bits per heavy atom. The molecule has 328 valence electrons. The van der Waals surface area contributed by atoms with Crippen LogP contribution >= 0.6 is 11.6 Å². The van der Waals surface area contributed by atoms with E-state index in [1.807, 2.05) is 24.3 Å². The molecule has 14 rings (SSSR count). The molecule has 69 heavy (non-hydrogen) atoms. The second-order valence-corrected chi connectivity index (χ2v) is 20.4. The number of benzene rings is 9. The van der Waals surface area contributed by atoms with E-state index in [2.05, 4.69) is 213 Å². The van der Waals surface area contributed by atoms with Crippen LogP contribution in [-0.2, 0) is 10.8 Å². The summed E-state index contributed by atoms with van der Waals surface area (Å²) in [5.74, 6) is 0.615. The van der Waals surface area contributed by atoms with Crippen molar-refractivity contribution in [2.45, 2.75) is 38.5 Å². The zero-order valence-corrected chi connectivity index (χ0v) is 39.5. The molecular weight excluding hydrogens is 860 g/mol. The van der Waals surface area contributed by atoms with Gasteiger partial charge in [0.15, 0.2) is 5.82 Å². The number of nitrogens with zero attached hydrogens (tertiary/aromatic N) is 4. The Morgan fingerprint density at radius 3 is 1.30 bits per heavy atom. The molecule has 2 aliphatic carbocycles. The summed E-state index contributed by atoms with van der Waals surface area (Å²) in [7, 11) is 0. The third-order valence-corrected chi connectivity index (χ3v) is 15.6. The molecule has 4 nitrogen and oxygen atoms in total. The molecule has 5 heteroatoms. The van der Waals surface area contributed by atoms with Gasteiger partial charge in [0.1, 0.15) is 0 Å². The van der Waals surface area contributed by atoms with Crippen molar-refractivity contribution in [1.82, 2.24) is 19.1 Å². The van der Waals surface area contributed by atoms with E-state index in [9.17, 15) is 0 Å². The summed E-state index contributed by atoms with van der Waals surface area (Å²) >= 11 is 6.65. The van der Waals surface area contributed by atoms with Crippen LogP contribution in [0.3, 0.4) is 0 Å². The molecule has 0 radical (unpaired) electrons. The van der Waals surface area contributed by atoms with Gasteiger partial charge in [-0.05, 0) is 123 Å². The number of hydrogen-bond acceptors (Lipinski definition) is 2. The number of halogens is 1. The summed E-state index contributed by atoms with van der Waals surface area (Å²) in [4.78, 5) is 10.6. The van der Waals surface area contributed by atoms with Gasteiger partial charge in [-0.2, -0.15) is 0 Å². The second-order valence-electron chi connectivity index (χ2n) is 19.9. The average molecular weight is 906 g/mol. The molecule has 0 bridgehead atoms. The van der Waals surface area contributed by atoms with Gasteiger partial charge in [-0.15, -0.1) is 0 Å². The Morgan fingerprint density at radius 2 is 0.797 bits per heavy atom. The lowest BCUT2D eigenvalue weighted by molar-refractivity contribution is 0.661. The number of hydrogen-bond donors (Lipinski definition) is 0. The van der Waals surface area contributed by atoms with Crippen LogP contribution in [-0.4, -0.2) is 19.1 Å². The fraction of sp³-hybridized carbons (Fsp3) is 0.0938. The maximum absolute atomic E-state index is 6.65. The maximum Gasteiger partial charge on any atom is 0.160 e. The van der Waals surface area contributed by atoms with Gasteiger partial charge in [0, 0.05) is 65.5 Å². The van der Waals surface area contributed by atoms with Crippen LogP contribution in [0.5, 0.6) is 0 Å². The summed E-state index contributed by atoms with van der Waals surface area (Å²) in [6, 6.07) is 72.7. The first-order chi connectivity index (χ1) is 33.6. The van der Waals surface area contributed by atoms with Crippen molar-refractivity contribution in [3.8, 4) is 67.5 Å². The monoisotopic (exact) mass is 904 g/mol. The molecule has 0 amide bonds. The highest BCUT2D eigenvalue weighted by Crippen LogP contribution is 2.53. The third-order valence-electron chi connectivity index (χ3n) is 15.4. The molecule has 0 unspecified atom stereocenters. The quantitative estimate of drug-likeness (QED) is 0.172. The van der Waals surface area contributed by atoms with Crippen LogP contribution in [0.2, 0.25) is 5.02 Å². The molecule has 3 aromatic heterocycles. The molecule has 0 spiro atoms. The smallest absolute Gasteiger partial charge is 0.160 e. The van der Waals surface area contributed by atoms with Gasteiger partial charge < -0.3 is 9.13 Å². The van der Waals surface area contributed by atoms with Crippen LogP contribution in [0.15, 0.2) is 200 Å². The van der Waals surface area contributed by atoms with Crippen molar-refractivity contribution >= 4 is 55.2 Å². The third kappa shape index (κ3) is 5.82. The van der Waals surface area contributed by atoms with Crippen LogP contribution in [0, 0.1) is 0 Å². The molecule has 2 aliphatic rings. The Bertz CT molecular complexity index is 3920. The van der Waals surface area contributed by atoms with Crippen molar-refractivity contribution in [3.63, 3.8) is 0 Å². The van der Waals surface area contributed by atoms with Crippen LogP contribution in [0.1, 0.15) is 49.9 Å². The predicted octanol–water partition coefficient (Wildman–Crippen LogP) is 16.9. The van der Waals surface area contributed by atoms with Crippen molar-refractivity contribution in [3.05, 3.63) is 227 Å². The van der Waals surface area contributed by atoms with Crippen molar-refractivity contribution in [2.75, 3.05) is 0 Å². The van der Waals surface area contributed by atoms with Crippen LogP contribution in [0.25, 0.3) is 111 Å². The van der Waals surface area contributed by atoms with Gasteiger partial charge in [0.25, 0.3) is 0 Å². The highest BCUT2D eigenvalue weighted by Gasteiger charge is 2.37. The van der Waals surface area contributed by atoms with Gasteiger partial charge in [-0.1, -0.05) is 161 Å². The minimum atomic E-state index is -0.125.